The maximum absolute atomic E-state index is 6.24. The van der Waals surface area contributed by atoms with Crippen LogP contribution >= 0.6 is 23.4 Å². The number of aryl methyl sites for hydroxylation is 1. The molecule has 2 atom stereocenters. The number of fused-ring (bicyclic) bond motifs is 1. The molecule has 1 heterocycles. The van der Waals surface area contributed by atoms with E-state index in [4.69, 9.17) is 11.6 Å². The maximum Gasteiger partial charge on any atom is 0.0541 e. The van der Waals surface area contributed by atoms with Gasteiger partial charge in [-0.15, -0.1) is 11.8 Å². The minimum Gasteiger partial charge on any atom is -0.315 e. The number of hydrogen-bond donors (Lipinski definition) is 1. The Hall–Kier alpha value is -1.03. The van der Waals surface area contributed by atoms with E-state index in [1.54, 1.807) is 0 Å². The molecule has 1 N–H and O–H groups in total. The van der Waals surface area contributed by atoms with Crippen LogP contribution in [0.5, 0.6) is 0 Å². The first-order valence-corrected chi connectivity index (χ1v) is 8.64. The van der Waals surface area contributed by atoms with Gasteiger partial charge in [0.15, 0.2) is 0 Å². The van der Waals surface area contributed by atoms with Crippen LogP contribution in [0.25, 0.3) is 0 Å². The van der Waals surface area contributed by atoms with E-state index in [0.717, 1.165) is 22.1 Å². The van der Waals surface area contributed by atoms with E-state index in [-0.39, 0.29) is 0 Å². The fourth-order valence-electron chi connectivity index (χ4n) is 2.98. The lowest BCUT2D eigenvalue weighted by Gasteiger charge is -2.23. The van der Waals surface area contributed by atoms with E-state index in [2.05, 4.69) is 22.4 Å². The minimum absolute atomic E-state index is 0.419. The third kappa shape index (κ3) is 3.25. The Labute approximate surface area is 135 Å². The van der Waals surface area contributed by atoms with Crippen molar-refractivity contribution in [2.24, 2.45) is 0 Å². The molecule has 1 aromatic carbocycles. The molecule has 1 aliphatic rings. The maximum atomic E-state index is 6.24. The molecule has 0 amide bonds. The molecular weight excluding hydrogens is 300 g/mol. The van der Waals surface area contributed by atoms with Crippen LogP contribution in [0.1, 0.15) is 23.6 Å². The first-order valence-electron chi connectivity index (χ1n) is 7.28. The van der Waals surface area contributed by atoms with Crippen molar-refractivity contribution >= 4 is 23.4 Å². The predicted molar refractivity (Wildman–Crippen MR) is 90.3 cm³/mol. The van der Waals surface area contributed by atoms with E-state index in [0.29, 0.717) is 12.0 Å². The number of pyridine rings is 1. The van der Waals surface area contributed by atoms with Gasteiger partial charge in [0.25, 0.3) is 0 Å². The summed E-state index contributed by atoms with van der Waals surface area (Å²) in [6, 6.07) is 12.7. The molecule has 2 nitrogen and oxygen atoms in total. The molecule has 110 valence electrons. The fraction of sp³-hybridized carbons (Fsp3) is 0.353. The molecule has 0 aliphatic heterocycles. The Bertz CT molecular complexity index is 617. The summed E-state index contributed by atoms with van der Waals surface area (Å²) in [6.45, 7) is 0. The highest BCUT2D eigenvalue weighted by Gasteiger charge is 2.30. The number of nitrogens with one attached hydrogen (secondary N) is 1. The number of aromatic nitrogens is 1. The molecule has 2 unspecified atom stereocenters. The number of benzene rings is 1. The highest BCUT2D eigenvalue weighted by molar-refractivity contribution is 7.99. The number of likely N-dealkylation sites (N-methyl/N-ethyl adjacent to an activating group) is 1. The second kappa shape index (κ2) is 6.82. The third-order valence-corrected chi connectivity index (χ3v) is 5.75. The molecule has 0 saturated carbocycles. The molecule has 21 heavy (non-hydrogen) atoms. The van der Waals surface area contributed by atoms with Crippen molar-refractivity contribution in [3.63, 3.8) is 0 Å². The fourth-order valence-corrected chi connectivity index (χ4v) is 4.42. The van der Waals surface area contributed by atoms with Crippen LogP contribution in [-0.2, 0) is 6.42 Å². The van der Waals surface area contributed by atoms with Crippen molar-refractivity contribution in [2.45, 2.75) is 29.7 Å². The number of rotatable bonds is 5. The summed E-state index contributed by atoms with van der Waals surface area (Å²) in [5, 5.41) is 4.31. The zero-order valence-corrected chi connectivity index (χ0v) is 13.6. The van der Waals surface area contributed by atoms with Crippen molar-refractivity contribution in [1.82, 2.24) is 10.3 Å². The van der Waals surface area contributed by atoms with Crippen LogP contribution < -0.4 is 5.32 Å². The summed E-state index contributed by atoms with van der Waals surface area (Å²) in [4.78, 5) is 5.76. The molecule has 2 aromatic rings. The summed E-state index contributed by atoms with van der Waals surface area (Å²) in [5.74, 6) is 1.50. The van der Waals surface area contributed by atoms with Gasteiger partial charge in [0.2, 0.25) is 0 Å². The standard InChI is InChI=1S/C17H19ClN2S/c1-19-15(11-21-16-7-3-2-6-14(16)18)13-9-8-12-5-4-10-20-17(12)13/h2-7,10,13,15,19H,8-9,11H2,1H3. The van der Waals surface area contributed by atoms with Crippen LogP contribution in [0.4, 0.5) is 0 Å². The van der Waals surface area contributed by atoms with Crippen molar-refractivity contribution in [2.75, 3.05) is 12.8 Å². The second-order valence-electron chi connectivity index (χ2n) is 5.33. The third-order valence-electron chi connectivity index (χ3n) is 4.11. The molecular formula is C17H19ClN2S. The van der Waals surface area contributed by atoms with Gasteiger partial charge in [-0.1, -0.05) is 29.8 Å². The van der Waals surface area contributed by atoms with E-state index < -0.39 is 0 Å². The smallest absolute Gasteiger partial charge is 0.0541 e. The zero-order chi connectivity index (χ0) is 14.7. The van der Waals surface area contributed by atoms with Gasteiger partial charge in [-0.3, -0.25) is 4.98 Å². The van der Waals surface area contributed by atoms with Gasteiger partial charge in [0.05, 0.1) is 5.02 Å². The number of nitrogens with zero attached hydrogens (tertiary/aromatic N) is 1. The van der Waals surface area contributed by atoms with Gasteiger partial charge in [-0.05, 0) is 43.7 Å². The summed E-state index contributed by atoms with van der Waals surface area (Å²) in [6.07, 6.45) is 4.23. The van der Waals surface area contributed by atoms with Gasteiger partial charge in [0.1, 0.15) is 0 Å². The van der Waals surface area contributed by atoms with Crippen LogP contribution in [0, 0.1) is 0 Å². The van der Waals surface area contributed by atoms with E-state index in [9.17, 15) is 0 Å². The normalized spacial score (nSPS) is 18.5. The molecule has 0 bridgehead atoms. The quantitative estimate of drug-likeness (QED) is 0.838. The Morgan fingerprint density at radius 3 is 3.00 bits per heavy atom. The van der Waals surface area contributed by atoms with Crippen molar-refractivity contribution < 1.29 is 0 Å². The summed E-state index contributed by atoms with van der Waals surface area (Å²) < 4.78 is 0. The molecule has 0 saturated heterocycles. The molecule has 3 rings (SSSR count). The minimum atomic E-state index is 0.419. The van der Waals surface area contributed by atoms with Crippen molar-refractivity contribution in [3.05, 3.63) is 58.9 Å². The van der Waals surface area contributed by atoms with Crippen LogP contribution in [0.15, 0.2) is 47.5 Å². The monoisotopic (exact) mass is 318 g/mol. The number of thioether (sulfide) groups is 1. The van der Waals surface area contributed by atoms with Crippen LogP contribution in [0.3, 0.4) is 0 Å². The molecule has 0 fully saturated rings. The van der Waals surface area contributed by atoms with Gasteiger partial charge in [-0.2, -0.15) is 0 Å². The Balaban J connectivity index is 1.71. The van der Waals surface area contributed by atoms with Gasteiger partial charge >= 0.3 is 0 Å². The second-order valence-corrected chi connectivity index (χ2v) is 6.80. The first kappa shape index (κ1) is 14.9. The van der Waals surface area contributed by atoms with E-state index >= 15 is 0 Å². The summed E-state index contributed by atoms with van der Waals surface area (Å²) in [7, 11) is 2.04. The van der Waals surface area contributed by atoms with Gasteiger partial charge in [0, 0.05) is 34.5 Å². The lowest BCUT2D eigenvalue weighted by molar-refractivity contribution is 0.491. The molecule has 0 spiro atoms. The SMILES string of the molecule is CNC(CSc1ccccc1Cl)C1CCc2cccnc21. The Morgan fingerprint density at radius 2 is 2.19 bits per heavy atom. The summed E-state index contributed by atoms with van der Waals surface area (Å²) >= 11 is 8.06. The molecule has 1 aromatic heterocycles. The van der Waals surface area contributed by atoms with Gasteiger partial charge < -0.3 is 5.32 Å². The van der Waals surface area contributed by atoms with Crippen molar-refractivity contribution in [1.29, 1.82) is 0 Å². The van der Waals surface area contributed by atoms with E-state index in [1.165, 1.54) is 17.7 Å². The topological polar surface area (TPSA) is 24.9 Å². The number of hydrogen-bond acceptors (Lipinski definition) is 3. The molecule has 4 heteroatoms. The average Bonchev–Trinajstić information content (AvgIpc) is 2.94. The highest BCUT2D eigenvalue weighted by atomic mass is 35.5. The van der Waals surface area contributed by atoms with Crippen molar-refractivity contribution in [3.8, 4) is 0 Å². The first-order chi connectivity index (χ1) is 10.3. The lowest BCUT2D eigenvalue weighted by atomic mass is 9.98. The Morgan fingerprint density at radius 1 is 1.33 bits per heavy atom. The Kier molecular flexibility index (Phi) is 4.84. The predicted octanol–water partition coefficient (Wildman–Crippen LogP) is 4.15. The van der Waals surface area contributed by atoms with Gasteiger partial charge in [-0.25, -0.2) is 0 Å². The highest BCUT2D eigenvalue weighted by Crippen LogP contribution is 2.36. The largest absolute Gasteiger partial charge is 0.315 e. The van der Waals surface area contributed by atoms with Crippen LogP contribution in [-0.4, -0.2) is 23.8 Å². The molecule has 0 radical (unpaired) electrons. The zero-order valence-electron chi connectivity index (χ0n) is 12.1. The summed E-state index contributed by atoms with van der Waals surface area (Å²) in [5.41, 5.74) is 2.68. The number of halogens is 1. The average molecular weight is 319 g/mol. The van der Waals surface area contributed by atoms with Crippen LogP contribution in [0.2, 0.25) is 5.02 Å². The van der Waals surface area contributed by atoms with E-state index in [1.807, 2.05) is 49.3 Å². The lowest BCUT2D eigenvalue weighted by Crippen LogP contribution is -2.33. The molecule has 1 aliphatic carbocycles.